The van der Waals surface area contributed by atoms with Gasteiger partial charge in [-0.3, -0.25) is 0 Å². The quantitative estimate of drug-likeness (QED) is 0.651. The molecule has 1 spiro atoms. The SMILES string of the molecule is CN(C)c1ccc([C@H]2C[C@]3(C)[C@H](O)CC[C@H]3[C@@H]3CC[C@@]4(O)CC5(CCC4=C32)OCCO5)cc1. The highest BCUT2D eigenvalue weighted by Crippen LogP contribution is 2.65. The topological polar surface area (TPSA) is 62.2 Å². The second kappa shape index (κ2) is 7.55. The van der Waals surface area contributed by atoms with E-state index in [-0.39, 0.29) is 17.4 Å². The Morgan fingerprint density at radius 2 is 1.73 bits per heavy atom. The molecule has 0 amide bonds. The minimum absolute atomic E-state index is 0.0529. The lowest BCUT2D eigenvalue weighted by atomic mass is 9.51. The van der Waals surface area contributed by atoms with E-state index in [1.807, 2.05) is 0 Å². The van der Waals surface area contributed by atoms with E-state index in [9.17, 15) is 10.2 Å². The van der Waals surface area contributed by atoms with Crippen LogP contribution in [0.3, 0.4) is 0 Å². The molecule has 1 heterocycles. The first-order valence-electron chi connectivity index (χ1n) is 12.9. The van der Waals surface area contributed by atoms with Crippen LogP contribution in [0.4, 0.5) is 5.69 Å². The van der Waals surface area contributed by atoms with Gasteiger partial charge < -0.3 is 24.6 Å². The fraction of sp³-hybridized carbons (Fsp3) is 0.714. The Balaban J connectivity index is 1.45. The molecule has 180 valence electrons. The first kappa shape index (κ1) is 22.1. The molecule has 5 aliphatic rings. The van der Waals surface area contributed by atoms with Crippen LogP contribution < -0.4 is 4.90 Å². The van der Waals surface area contributed by atoms with Gasteiger partial charge in [0.05, 0.1) is 24.9 Å². The van der Waals surface area contributed by atoms with Crippen molar-refractivity contribution in [2.24, 2.45) is 17.3 Å². The molecule has 0 radical (unpaired) electrons. The number of nitrogens with zero attached hydrogens (tertiary/aromatic N) is 1. The molecule has 0 unspecified atom stereocenters. The molecular weight excluding hydrogens is 414 g/mol. The van der Waals surface area contributed by atoms with Crippen LogP contribution in [-0.4, -0.2) is 55.0 Å². The zero-order chi connectivity index (χ0) is 23.0. The van der Waals surface area contributed by atoms with Gasteiger partial charge in [0.1, 0.15) is 0 Å². The molecule has 5 nitrogen and oxygen atoms in total. The molecule has 1 aromatic carbocycles. The van der Waals surface area contributed by atoms with E-state index in [4.69, 9.17) is 9.47 Å². The van der Waals surface area contributed by atoms with E-state index in [1.54, 1.807) is 0 Å². The van der Waals surface area contributed by atoms with Gasteiger partial charge in [0.25, 0.3) is 0 Å². The fourth-order valence-corrected chi connectivity index (χ4v) is 8.29. The number of ether oxygens (including phenoxy) is 2. The number of fused-ring (bicyclic) bond motifs is 4. The number of aliphatic hydroxyl groups excluding tert-OH is 1. The van der Waals surface area contributed by atoms with Crippen molar-refractivity contribution in [1.82, 2.24) is 0 Å². The van der Waals surface area contributed by atoms with Gasteiger partial charge in [-0.1, -0.05) is 24.6 Å². The number of rotatable bonds is 2. The smallest absolute Gasteiger partial charge is 0.171 e. The molecule has 6 atom stereocenters. The minimum atomic E-state index is -0.832. The van der Waals surface area contributed by atoms with Crippen molar-refractivity contribution < 1.29 is 19.7 Å². The fourth-order valence-electron chi connectivity index (χ4n) is 8.29. The Morgan fingerprint density at radius 3 is 2.42 bits per heavy atom. The van der Waals surface area contributed by atoms with E-state index < -0.39 is 11.4 Å². The highest BCUT2D eigenvalue weighted by Gasteiger charge is 2.60. The summed E-state index contributed by atoms with van der Waals surface area (Å²) in [7, 11) is 4.14. The maximum atomic E-state index is 12.0. The maximum Gasteiger partial charge on any atom is 0.171 e. The summed E-state index contributed by atoms with van der Waals surface area (Å²) >= 11 is 0. The highest BCUT2D eigenvalue weighted by atomic mass is 16.7. The summed E-state index contributed by atoms with van der Waals surface area (Å²) in [5, 5.41) is 23.1. The van der Waals surface area contributed by atoms with Gasteiger partial charge >= 0.3 is 0 Å². The molecule has 1 saturated heterocycles. The molecule has 4 aliphatic carbocycles. The van der Waals surface area contributed by atoms with Crippen molar-refractivity contribution in [2.75, 3.05) is 32.2 Å². The summed E-state index contributed by atoms with van der Waals surface area (Å²) in [4.78, 5) is 2.13. The molecule has 33 heavy (non-hydrogen) atoms. The van der Waals surface area contributed by atoms with Crippen molar-refractivity contribution in [3.63, 3.8) is 0 Å². The van der Waals surface area contributed by atoms with Crippen LogP contribution in [0.1, 0.15) is 69.8 Å². The summed E-state index contributed by atoms with van der Waals surface area (Å²) in [6, 6.07) is 8.97. The largest absolute Gasteiger partial charge is 0.393 e. The Kier molecular flexibility index (Phi) is 5.05. The van der Waals surface area contributed by atoms with E-state index in [2.05, 4.69) is 50.2 Å². The third kappa shape index (κ3) is 3.26. The molecule has 1 aliphatic heterocycles. The van der Waals surface area contributed by atoms with Crippen molar-refractivity contribution >= 4 is 5.69 Å². The van der Waals surface area contributed by atoms with Gasteiger partial charge in [0.15, 0.2) is 5.79 Å². The third-order valence-electron chi connectivity index (χ3n) is 9.99. The third-order valence-corrected chi connectivity index (χ3v) is 9.99. The average Bonchev–Trinajstić information content (AvgIpc) is 3.36. The Hall–Kier alpha value is -1.40. The number of hydrogen-bond acceptors (Lipinski definition) is 5. The molecule has 1 aromatic rings. The zero-order valence-electron chi connectivity index (χ0n) is 20.3. The molecule has 0 bridgehead atoms. The second-order valence-corrected chi connectivity index (χ2v) is 11.8. The summed E-state index contributed by atoms with van der Waals surface area (Å²) in [6.07, 6.45) is 6.74. The van der Waals surface area contributed by atoms with Crippen LogP contribution in [0.25, 0.3) is 0 Å². The minimum Gasteiger partial charge on any atom is -0.393 e. The van der Waals surface area contributed by atoms with Crippen molar-refractivity contribution in [2.45, 2.75) is 81.7 Å². The normalized spacial score (nSPS) is 41.6. The predicted molar refractivity (Wildman–Crippen MR) is 128 cm³/mol. The van der Waals surface area contributed by atoms with Crippen LogP contribution in [0.15, 0.2) is 35.4 Å². The molecule has 5 heteroatoms. The Bertz CT molecular complexity index is 949. The Labute approximate surface area is 197 Å². The summed E-state index contributed by atoms with van der Waals surface area (Å²) in [5.41, 5.74) is 4.40. The lowest BCUT2D eigenvalue weighted by Gasteiger charge is -2.56. The number of aliphatic hydroxyl groups is 2. The zero-order valence-corrected chi connectivity index (χ0v) is 20.3. The van der Waals surface area contributed by atoms with Gasteiger partial charge in [-0.15, -0.1) is 0 Å². The molecular formula is C28H39NO4. The average molecular weight is 454 g/mol. The number of anilines is 1. The number of hydrogen-bond donors (Lipinski definition) is 2. The van der Waals surface area contributed by atoms with E-state index >= 15 is 0 Å². The molecule has 4 fully saturated rings. The number of allylic oxidation sites excluding steroid dienone is 1. The summed E-state index contributed by atoms with van der Waals surface area (Å²) in [6.45, 7) is 3.59. The van der Waals surface area contributed by atoms with Crippen LogP contribution in [0.5, 0.6) is 0 Å². The second-order valence-electron chi connectivity index (χ2n) is 11.8. The molecule has 6 rings (SSSR count). The van der Waals surface area contributed by atoms with E-state index in [0.29, 0.717) is 31.5 Å². The molecule has 0 aromatic heterocycles. The number of benzene rings is 1. The van der Waals surface area contributed by atoms with Gasteiger partial charge in [-0.25, -0.2) is 0 Å². The standard InChI is InChI=1S/C28H39NO4/c1-26-16-21(18-4-6-19(7-5-18)29(2)3)25-20(22(26)8-9-24(26)30)10-12-27(31)17-28(13-11-23(25)27)32-14-15-33-28/h4-7,20-22,24,30-31H,8-17H2,1-3H3/t20-,21+,22-,24+,26-,27+/m0/s1. The van der Waals surface area contributed by atoms with Crippen molar-refractivity contribution in [3.05, 3.63) is 41.0 Å². The van der Waals surface area contributed by atoms with Crippen LogP contribution in [0, 0.1) is 17.3 Å². The first-order valence-corrected chi connectivity index (χ1v) is 12.9. The van der Waals surface area contributed by atoms with Gasteiger partial charge in [-0.2, -0.15) is 0 Å². The highest BCUT2D eigenvalue weighted by molar-refractivity contribution is 5.50. The van der Waals surface area contributed by atoms with Crippen LogP contribution in [0.2, 0.25) is 0 Å². The van der Waals surface area contributed by atoms with Crippen molar-refractivity contribution in [1.29, 1.82) is 0 Å². The van der Waals surface area contributed by atoms with Gasteiger partial charge in [0.2, 0.25) is 0 Å². The molecule has 2 N–H and O–H groups in total. The maximum absolute atomic E-state index is 12.0. The lowest BCUT2D eigenvalue weighted by Crippen LogP contribution is -2.53. The Morgan fingerprint density at radius 1 is 1.00 bits per heavy atom. The van der Waals surface area contributed by atoms with E-state index in [0.717, 1.165) is 44.9 Å². The van der Waals surface area contributed by atoms with Crippen LogP contribution in [-0.2, 0) is 9.47 Å². The van der Waals surface area contributed by atoms with Crippen molar-refractivity contribution in [3.8, 4) is 0 Å². The summed E-state index contributed by atoms with van der Waals surface area (Å²) in [5.74, 6) is 0.615. The van der Waals surface area contributed by atoms with Gasteiger partial charge in [0, 0.05) is 38.5 Å². The summed E-state index contributed by atoms with van der Waals surface area (Å²) < 4.78 is 12.1. The molecule has 3 saturated carbocycles. The first-order chi connectivity index (χ1) is 15.7. The van der Waals surface area contributed by atoms with E-state index in [1.165, 1.54) is 22.4 Å². The van der Waals surface area contributed by atoms with Crippen LogP contribution >= 0.6 is 0 Å². The predicted octanol–water partition coefficient (Wildman–Crippen LogP) is 4.38. The van der Waals surface area contributed by atoms with Gasteiger partial charge in [-0.05, 0) is 79.0 Å². The monoisotopic (exact) mass is 453 g/mol. The lowest BCUT2D eigenvalue weighted by molar-refractivity contribution is -0.208.